The maximum Gasteiger partial charge on any atom is 0.323 e. The van der Waals surface area contributed by atoms with E-state index in [1.807, 2.05) is 54.6 Å². The van der Waals surface area contributed by atoms with E-state index in [-0.39, 0.29) is 25.9 Å². The zero-order valence-electron chi connectivity index (χ0n) is 25.4. The summed E-state index contributed by atoms with van der Waals surface area (Å²) in [5.41, 5.74) is 4.72. The molecule has 42 heavy (non-hydrogen) atoms. The van der Waals surface area contributed by atoms with Gasteiger partial charge in [-0.25, -0.2) is 9.78 Å². The third-order valence-electron chi connectivity index (χ3n) is 8.33. The lowest BCUT2D eigenvalue weighted by molar-refractivity contribution is 0.209. The average Bonchev–Trinajstić information content (AvgIpc) is 2.99. The van der Waals surface area contributed by atoms with Crippen LogP contribution in [0.3, 0.4) is 0 Å². The van der Waals surface area contributed by atoms with E-state index in [1.54, 1.807) is 13.2 Å². The Morgan fingerprint density at radius 2 is 1.62 bits per heavy atom. The number of hydrogen-bond acceptors (Lipinski definition) is 4. The smallest absolute Gasteiger partial charge is 0.323 e. The number of rotatable bonds is 8. The van der Waals surface area contributed by atoms with E-state index in [0.29, 0.717) is 23.7 Å². The first-order chi connectivity index (χ1) is 20.2. The number of anilines is 2. The van der Waals surface area contributed by atoms with Crippen LogP contribution in [0.15, 0.2) is 65.6 Å². The second-order valence-electron chi connectivity index (χ2n) is 12.0. The number of fused-ring (bicyclic) bond motifs is 1. The summed E-state index contributed by atoms with van der Waals surface area (Å²) in [4.78, 5) is 31.9. The van der Waals surface area contributed by atoms with Crippen molar-refractivity contribution in [2.75, 3.05) is 17.2 Å². The van der Waals surface area contributed by atoms with Crippen molar-refractivity contribution in [3.05, 3.63) is 82.3 Å². The van der Waals surface area contributed by atoms with E-state index in [4.69, 9.17) is 4.74 Å². The molecule has 1 fully saturated rings. The van der Waals surface area contributed by atoms with Crippen LogP contribution in [-0.2, 0) is 7.05 Å². The van der Waals surface area contributed by atoms with E-state index >= 15 is 0 Å². The minimum atomic E-state index is -0.462. The maximum absolute atomic E-state index is 13.8. The van der Waals surface area contributed by atoms with Gasteiger partial charge in [0.05, 0.1) is 6.61 Å². The molecule has 224 valence electrons. The Morgan fingerprint density at radius 3 is 2.31 bits per heavy atom. The summed E-state index contributed by atoms with van der Waals surface area (Å²) in [7, 11) is 1.68. The predicted octanol–water partition coefficient (Wildman–Crippen LogP) is 8.94. The molecule has 7 heteroatoms. The number of carbonyl (C=O) groups is 1. The van der Waals surface area contributed by atoms with E-state index in [1.165, 1.54) is 36.7 Å². The fourth-order valence-electron chi connectivity index (χ4n) is 6.04. The second kappa shape index (κ2) is 12.8. The van der Waals surface area contributed by atoms with Crippen LogP contribution in [-0.4, -0.2) is 22.2 Å². The highest BCUT2D eigenvalue weighted by Gasteiger charge is 2.22. The molecule has 0 atom stereocenters. The van der Waals surface area contributed by atoms with Gasteiger partial charge in [-0.1, -0.05) is 77.3 Å². The first-order valence-electron chi connectivity index (χ1n) is 15.2. The van der Waals surface area contributed by atoms with Gasteiger partial charge in [0.25, 0.3) is 5.56 Å². The number of amides is 2. The maximum atomic E-state index is 13.8. The van der Waals surface area contributed by atoms with Crippen molar-refractivity contribution in [3.8, 4) is 16.9 Å². The third-order valence-corrected chi connectivity index (χ3v) is 8.33. The molecule has 1 aliphatic carbocycles. The Bertz CT molecular complexity index is 1620. The first-order valence-corrected chi connectivity index (χ1v) is 15.2. The number of hydrogen-bond donors (Lipinski definition) is 2. The molecule has 2 amide bonds. The van der Waals surface area contributed by atoms with Gasteiger partial charge in [-0.3, -0.25) is 9.36 Å². The highest BCUT2D eigenvalue weighted by molar-refractivity contribution is 6.07. The molecule has 2 aromatic carbocycles. The molecule has 0 unspecified atom stereocenters. The topological polar surface area (TPSA) is 85.2 Å². The van der Waals surface area contributed by atoms with E-state index in [2.05, 4.69) is 43.3 Å². The van der Waals surface area contributed by atoms with E-state index in [0.717, 1.165) is 33.5 Å². The third kappa shape index (κ3) is 6.20. The SMILES string of the molecule is CC(C)c1cccc(C(C)C)c1NC(=O)Nc1c(-c2cccc(OCC3CCCCC3)c2)c2cccnc2n(C)c1=O.[HH].[HH]. The predicted molar refractivity (Wildman–Crippen MR) is 176 cm³/mol. The summed E-state index contributed by atoms with van der Waals surface area (Å²) in [6, 6.07) is 17.2. The molecule has 7 nitrogen and oxygen atoms in total. The van der Waals surface area contributed by atoms with Crippen LogP contribution in [0.4, 0.5) is 16.2 Å². The van der Waals surface area contributed by atoms with Gasteiger partial charge >= 0.3 is 6.03 Å². The number of urea groups is 1. The highest BCUT2D eigenvalue weighted by atomic mass is 16.5. The molecule has 2 heterocycles. The number of carbonyl (C=O) groups excluding carboxylic acids is 1. The lowest BCUT2D eigenvalue weighted by Gasteiger charge is -2.22. The number of pyridine rings is 2. The summed E-state index contributed by atoms with van der Waals surface area (Å²) in [6.45, 7) is 9.11. The standard InChI is InChI=1S/C35H42N4O3.2H2/c1-22(2)27-16-10-17-28(23(3)4)31(27)37-35(41)38-32-30(29-18-11-19-36-33(29)39(5)34(32)40)25-14-9-15-26(20-25)42-21-24-12-7-6-8-13-24;;/h9-11,14-20,22-24H,6-8,12-13,21H2,1-5H3,(H2,37,38,41);2*1H. The van der Waals surface area contributed by atoms with Gasteiger partial charge in [0.2, 0.25) is 0 Å². The van der Waals surface area contributed by atoms with Crippen molar-refractivity contribution in [1.29, 1.82) is 0 Å². The number of aryl methyl sites for hydroxylation is 1. The average molecular weight is 571 g/mol. The van der Waals surface area contributed by atoms with E-state index in [9.17, 15) is 9.59 Å². The number of nitrogens with one attached hydrogen (secondary N) is 2. The lowest BCUT2D eigenvalue weighted by atomic mass is 9.90. The summed E-state index contributed by atoms with van der Waals surface area (Å²) in [6.07, 6.45) is 7.90. The first kappa shape index (κ1) is 29.4. The zero-order valence-corrected chi connectivity index (χ0v) is 25.4. The molecule has 5 rings (SSSR count). The van der Waals surface area contributed by atoms with Gasteiger partial charge in [0.1, 0.15) is 17.1 Å². The zero-order chi connectivity index (χ0) is 29.8. The molecule has 2 aromatic heterocycles. The van der Waals surface area contributed by atoms with Gasteiger partial charge in [-0.15, -0.1) is 0 Å². The molecule has 0 aliphatic heterocycles. The van der Waals surface area contributed by atoms with Crippen molar-refractivity contribution in [2.45, 2.75) is 71.6 Å². The van der Waals surface area contributed by atoms with Crippen molar-refractivity contribution < 1.29 is 12.4 Å². The highest BCUT2D eigenvalue weighted by Crippen LogP contribution is 2.36. The number of ether oxygens (including phenoxy) is 1. The van der Waals surface area contributed by atoms with Crippen LogP contribution in [0.1, 0.15) is 85.6 Å². The summed E-state index contributed by atoms with van der Waals surface area (Å²) >= 11 is 0. The van der Waals surface area contributed by atoms with Crippen molar-refractivity contribution >= 4 is 28.4 Å². The summed E-state index contributed by atoms with van der Waals surface area (Å²) in [5.74, 6) is 1.75. The van der Waals surface area contributed by atoms with Gasteiger partial charge in [-0.05, 0) is 71.6 Å². The Balaban J connectivity index is 0.00000264. The fourth-order valence-corrected chi connectivity index (χ4v) is 6.04. The van der Waals surface area contributed by atoms with Crippen LogP contribution >= 0.6 is 0 Å². The minimum absolute atomic E-state index is 0. The minimum Gasteiger partial charge on any atom is -0.493 e. The van der Waals surface area contributed by atoms with Crippen LogP contribution in [0.25, 0.3) is 22.2 Å². The normalized spacial score (nSPS) is 14.0. The van der Waals surface area contributed by atoms with Crippen molar-refractivity contribution in [3.63, 3.8) is 0 Å². The molecule has 0 spiro atoms. The summed E-state index contributed by atoms with van der Waals surface area (Å²) < 4.78 is 7.73. The quantitative estimate of drug-likeness (QED) is 0.221. The molecule has 4 aromatic rings. The Kier molecular flexibility index (Phi) is 8.95. The molecule has 0 bridgehead atoms. The second-order valence-corrected chi connectivity index (χ2v) is 12.0. The van der Waals surface area contributed by atoms with Crippen LogP contribution < -0.4 is 20.9 Å². The van der Waals surface area contributed by atoms with Crippen LogP contribution in [0.5, 0.6) is 5.75 Å². The largest absolute Gasteiger partial charge is 0.493 e. The molecular weight excluding hydrogens is 524 g/mol. The molecule has 2 N–H and O–H groups in total. The van der Waals surface area contributed by atoms with Gasteiger partial charge in [0.15, 0.2) is 0 Å². The van der Waals surface area contributed by atoms with Crippen LogP contribution in [0.2, 0.25) is 0 Å². The number of aromatic nitrogens is 2. The van der Waals surface area contributed by atoms with Gasteiger partial charge in [0, 0.05) is 32.7 Å². The van der Waals surface area contributed by atoms with Gasteiger partial charge < -0.3 is 15.4 Å². The molecule has 0 radical (unpaired) electrons. The van der Waals surface area contributed by atoms with Gasteiger partial charge in [-0.2, -0.15) is 0 Å². The lowest BCUT2D eigenvalue weighted by Crippen LogP contribution is -2.29. The monoisotopic (exact) mass is 570 g/mol. The molecule has 1 aliphatic rings. The van der Waals surface area contributed by atoms with Crippen molar-refractivity contribution in [2.24, 2.45) is 13.0 Å². The van der Waals surface area contributed by atoms with E-state index < -0.39 is 6.03 Å². The number of para-hydroxylation sites is 1. The molecular formula is C35H46N4O3. The van der Waals surface area contributed by atoms with Crippen LogP contribution in [0, 0.1) is 5.92 Å². The number of nitrogens with zero attached hydrogens (tertiary/aromatic N) is 2. The molecule has 0 saturated heterocycles. The Labute approximate surface area is 251 Å². The Hall–Kier alpha value is -4.13. The van der Waals surface area contributed by atoms with Crippen molar-refractivity contribution in [1.82, 2.24) is 9.55 Å². The fraction of sp³-hybridized carbons (Fsp3) is 0.400. The summed E-state index contributed by atoms with van der Waals surface area (Å²) in [5, 5.41) is 6.80. The molecule has 1 saturated carbocycles. The number of benzene rings is 2. The Morgan fingerprint density at radius 1 is 0.952 bits per heavy atom.